The molecule has 0 aliphatic carbocycles. The molecule has 5 heteroatoms. The molecule has 0 fully saturated rings. The van der Waals surface area contributed by atoms with Gasteiger partial charge in [0.05, 0.1) is 14.1 Å². The quantitative estimate of drug-likeness (QED) is 0.250. The number of hydrogen-bond donors (Lipinski definition) is 2. The van der Waals surface area contributed by atoms with Crippen LogP contribution in [0.25, 0.3) is 0 Å². The van der Waals surface area contributed by atoms with Crippen molar-refractivity contribution in [3.8, 4) is 0 Å². The van der Waals surface area contributed by atoms with E-state index >= 15 is 0 Å². The maximum atomic E-state index is 11.9. The monoisotopic (exact) mass is 356 g/mol. The Morgan fingerprint density at radius 2 is 1.00 bits per heavy atom. The number of rotatable bonds is 16. The van der Waals surface area contributed by atoms with Crippen molar-refractivity contribution in [3.05, 3.63) is 0 Å². The standard InChI is InChI=1S/C20H41N3O2/c1-5-7-9-11-13-15-19(24)21-17-23(3,4)18-22-20(25)16-14-12-10-8-6-2/h5-18H2,1-4H3,(H-,21,22,24,25)/p+1. The Kier molecular flexibility index (Phi) is 14.5. The van der Waals surface area contributed by atoms with Gasteiger partial charge in [0.1, 0.15) is 0 Å². The molecule has 0 saturated carbocycles. The van der Waals surface area contributed by atoms with Crippen LogP contribution in [-0.4, -0.2) is 43.7 Å². The van der Waals surface area contributed by atoms with Crippen LogP contribution in [-0.2, 0) is 9.59 Å². The maximum Gasteiger partial charge on any atom is 0.224 e. The number of amides is 2. The van der Waals surface area contributed by atoms with E-state index in [9.17, 15) is 9.59 Å². The van der Waals surface area contributed by atoms with E-state index in [1.807, 2.05) is 14.1 Å². The third-order valence-corrected chi connectivity index (χ3v) is 4.42. The van der Waals surface area contributed by atoms with Crippen molar-refractivity contribution in [3.63, 3.8) is 0 Å². The Labute approximate surface area is 155 Å². The topological polar surface area (TPSA) is 58.2 Å². The minimum Gasteiger partial charge on any atom is -0.309 e. The Morgan fingerprint density at radius 3 is 1.36 bits per heavy atom. The van der Waals surface area contributed by atoms with Crippen molar-refractivity contribution in [1.29, 1.82) is 0 Å². The zero-order chi connectivity index (χ0) is 19.0. The predicted molar refractivity (Wildman–Crippen MR) is 105 cm³/mol. The molecule has 0 aromatic heterocycles. The number of nitrogens with zero attached hydrogens (tertiary/aromatic N) is 1. The van der Waals surface area contributed by atoms with E-state index in [-0.39, 0.29) is 11.8 Å². The number of hydrogen-bond acceptors (Lipinski definition) is 2. The lowest BCUT2D eigenvalue weighted by atomic mass is 10.1. The van der Waals surface area contributed by atoms with Crippen LogP contribution in [0.15, 0.2) is 0 Å². The summed E-state index contributed by atoms with van der Waals surface area (Å²) in [5.41, 5.74) is 0. The van der Waals surface area contributed by atoms with Crippen LogP contribution >= 0.6 is 0 Å². The molecule has 0 atom stereocenters. The van der Waals surface area contributed by atoms with E-state index in [1.54, 1.807) is 0 Å². The zero-order valence-electron chi connectivity index (χ0n) is 17.2. The van der Waals surface area contributed by atoms with Gasteiger partial charge in [0, 0.05) is 12.8 Å². The van der Waals surface area contributed by atoms with Crippen LogP contribution in [0.1, 0.15) is 90.9 Å². The summed E-state index contributed by atoms with van der Waals surface area (Å²) in [6.45, 7) is 5.48. The Balaban J connectivity index is 3.74. The largest absolute Gasteiger partial charge is 0.309 e. The van der Waals surface area contributed by atoms with E-state index < -0.39 is 0 Å². The molecule has 25 heavy (non-hydrogen) atoms. The molecule has 148 valence electrons. The second-order valence-corrected chi connectivity index (χ2v) is 7.78. The average molecular weight is 357 g/mol. The summed E-state index contributed by atoms with van der Waals surface area (Å²) in [4.78, 5) is 23.8. The molecule has 0 aliphatic heterocycles. The second kappa shape index (κ2) is 15.2. The molecule has 2 N–H and O–H groups in total. The van der Waals surface area contributed by atoms with Gasteiger partial charge in [0.15, 0.2) is 13.3 Å². The normalized spacial score (nSPS) is 11.4. The summed E-state index contributed by atoms with van der Waals surface area (Å²) < 4.78 is 0.559. The number of unbranched alkanes of at least 4 members (excludes halogenated alkanes) is 8. The number of nitrogens with one attached hydrogen (secondary N) is 2. The van der Waals surface area contributed by atoms with Crippen molar-refractivity contribution < 1.29 is 14.1 Å². The van der Waals surface area contributed by atoms with Crippen molar-refractivity contribution in [2.75, 3.05) is 27.4 Å². The average Bonchev–Trinajstić information content (AvgIpc) is 2.58. The molecule has 0 aromatic rings. The summed E-state index contributed by atoms with van der Waals surface area (Å²) in [5, 5.41) is 5.97. The first-order chi connectivity index (χ1) is 11.9. The van der Waals surface area contributed by atoms with Crippen molar-refractivity contribution >= 4 is 11.8 Å². The van der Waals surface area contributed by atoms with Gasteiger partial charge >= 0.3 is 0 Å². The van der Waals surface area contributed by atoms with Crippen LogP contribution < -0.4 is 10.6 Å². The SMILES string of the molecule is CCCCCCCC(=O)NC[N+](C)(C)CNC(=O)CCCCCCC. The van der Waals surface area contributed by atoms with Gasteiger partial charge in [-0.15, -0.1) is 0 Å². The smallest absolute Gasteiger partial charge is 0.224 e. The minimum absolute atomic E-state index is 0.116. The summed E-state index contributed by atoms with van der Waals surface area (Å²) >= 11 is 0. The third kappa shape index (κ3) is 16.1. The Morgan fingerprint density at radius 1 is 0.640 bits per heavy atom. The van der Waals surface area contributed by atoms with Crippen LogP contribution in [0, 0.1) is 0 Å². The van der Waals surface area contributed by atoms with Gasteiger partial charge in [-0.05, 0) is 12.8 Å². The van der Waals surface area contributed by atoms with Gasteiger partial charge in [-0.2, -0.15) is 0 Å². The lowest BCUT2D eigenvalue weighted by molar-refractivity contribution is -0.893. The summed E-state index contributed by atoms with van der Waals surface area (Å²) in [6, 6.07) is 0. The van der Waals surface area contributed by atoms with Gasteiger partial charge in [0.25, 0.3) is 0 Å². The lowest BCUT2D eigenvalue weighted by Gasteiger charge is -2.29. The fourth-order valence-electron chi connectivity index (χ4n) is 2.62. The van der Waals surface area contributed by atoms with E-state index in [1.165, 1.54) is 38.5 Å². The molecule has 0 spiro atoms. The van der Waals surface area contributed by atoms with Crippen molar-refractivity contribution in [1.82, 2.24) is 10.6 Å². The molecule has 0 radical (unpaired) electrons. The molecule has 2 amide bonds. The maximum absolute atomic E-state index is 11.9. The number of carbonyl (C=O) groups is 2. The molecule has 0 aliphatic rings. The highest BCUT2D eigenvalue weighted by Crippen LogP contribution is 2.06. The predicted octanol–water partition coefficient (Wildman–Crippen LogP) is 3.93. The molecule has 0 heterocycles. The Hall–Kier alpha value is -1.10. The molecule has 0 unspecified atom stereocenters. The molecule has 0 aromatic carbocycles. The number of quaternary nitrogens is 1. The second-order valence-electron chi connectivity index (χ2n) is 7.78. The summed E-state index contributed by atoms with van der Waals surface area (Å²) in [5.74, 6) is 0.231. The third-order valence-electron chi connectivity index (χ3n) is 4.42. The van der Waals surface area contributed by atoms with Crippen LogP contribution in [0.2, 0.25) is 0 Å². The van der Waals surface area contributed by atoms with Gasteiger partial charge in [-0.1, -0.05) is 65.2 Å². The van der Waals surface area contributed by atoms with E-state index in [0.717, 1.165) is 25.7 Å². The van der Waals surface area contributed by atoms with Crippen LogP contribution in [0.3, 0.4) is 0 Å². The van der Waals surface area contributed by atoms with Crippen molar-refractivity contribution in [2.45, 2.75) is 90.9 Å². The van der Waals surface area contributed by atoms with Gasteiger partial charge in [-0.25, -0.2) is 0 Å². The van der Waals surface area contributed by atoms with Gasteiger partial charge in [-0.3, -0.25) is 14.1 Å². The van der Waals surface area contributed by atoms with E-state index in [0.29, 0.717) is 30.7 Å². The molecule has 0 rings (SSSR count). The van der Waals surface area contributed by atoms with E-state index in [4.69, 9.17) is 0 Å². The molecular formula is C20H42N3O2+. The van der Waals surface area contributed by atoms with Crippen LogP contribution in [0.4, 0.5) is 0 Å². The number of carbonyl (C=O) groups excluding carboxylic acids is 2. The fourth-order valence-corrected chi connectivity index (χ4v) is 2.62. The van der Waals surface area contributed by atoms with Gasteiger partial charge < -0.3 is 10.6 Å². The molecular weight excluding hydrogens is 314 g/mol. The van der Waals surface area contributed by atoms with E-state index in [2.05, 4.69) is 24.5 Å². The molecule has 0 bridgehead atoms. The zero-order valence-corrected chi connectivity index (χ0v) is 17.2. The highest BCUT2D eigenvalue weighted by atomic mass is 16.2. The summed E-state index contributed by atoms with van der Waals surface area (Å²) in [6.07, 6.45) is 12.8. The molecule has 0 saturated heterocycles. The first-order valence-corrected chi connectivity index (χ1v) is 10.3. The van der Waals surface area contributed by atoms with Crippen LogP contribution in [0.5, 0.6) is 0 Å². The lowest BCUT2D eigenvalue weighted by Crippen LogP contribution is -2.53. The fraction of sp³-hybridized carbons (Fsp3) is 0.900. The first kappa shape index (κ1) is 23.9. The minimum atomic E-state index is 0.116. The highest BCUT2D eigenvalue weighted by Gasteiger charge is 2.17. The molecule has 5 nitrogen and oxygen atoms in total. The summed E-state index contributed by atoms with van der Waals surface area (Å²) in [7, 11) is 4.03. The first-order valence-electron chi connectivity index (χ1n) is 10.3. The highest BCUT2D eigenvalue weighted by molar-refractivity contribution is 5.76. The Bertz CT molecular complexity index is 325. The van der Waals surface area contributed by atoms with Gasteiger partial charge in [0.2, 0.25) is 11.8 Å². The van der Waals surface area contributed by atoms with Crippen molar-refractivity contribution in [2.24, 2.45) is 0 Å².